The topological polar surface area (TPSA) is 46.5 Å². The van der Waals surface area contributed by atoms with Crippen molar-refractivity contribution in [2.75, 3.05) is 0 Å². The number of hydrogen-bond donors (Lipinski definition) is 1. The molecule has 2 aromatic rings. The minimum absolute atomic E-state index is 0.0760. The summed E-state index contributed by atoms with van der Waals surface area (Å²) >= 11 is 4.88. The Morgan fingerprint density at radius 1 is 1.13 bits per heavy atom. The zero-order valence-electron chi connectivity index (χ0n) is 11.9. The van der Waals surface area contributed by atoms with Gasteiger partial charge in [0.15, 0.2) is 0 Å². The first-order chi connectivity index (χ1) is 10.9. The largest absolute Gasteiger partial charge is 0.442 e. The molecule has 8 heteroatoms. The average molecular weight is 423 g/mol. The zero-order chi connectivity index (χ0) is 16.9. The van der Waals surface area contributed by atoms with Crippen LogP contribution in [0, 0.1) is 0 Å². The number of thioether (sulfide) groups is 1. The first kappa shape index (κ1) is 18.5. The van der Waals surface area contributed by atoms with Gasteiger partial charge in [-0.2, -0.15) is 20.5 Å². The van der Waals surface area contributed by atoms with Crippen LogP contribution in [-0.4, -0.2) is 11.1 Å². The minimum Gasteiger partial charge on any atom is -0.420 e. The van der Waals surface area contributed by atoms with Gasteiger partial charge in [0.2, 0.25) is 0 Å². The summed E-state index contributed by atoms with van der Waals surface area (Å²) in [7, 11) is -4.96. The Bertz CT molecular complexity index is 700. The summed E-state index contributed by atoms with van der Waals surface area (Å²) in [5.74, 6) is 1.50. The maximum atomic E-state index is 12.4. The molecule has 0 spiro atoms. The van der Waals surface area contributed by atoms with Crippen LogP contribution in [0.4, 0.5) is 8.78 Å². The van der Waals surface area contributed by atoms with E-state index in [1.165, 1.54) is 11.6 Å². The predicted molar refractivity (Wildman–Crippen MR) is 92.0 cm³/mol. The average Bonchev–Trinajstić information content (AvgIpc) is 2.51. The lowest BCUT2D eigenvalue weighted by atomic mass is 10.2. The van der Waals surface area contributed by atoms with Crippen LogP contribution in [-0.2, 0) is 16.1 Å². The molecule has 0 radical (unpaired) electrons. The third-order valence-electron chi connectivity index (χ3n) is 2.85. The van der Waals surface area contributed by atoms with Crippen molar-refractivity contribution in [3.05, 3.63) is 64.1 Å². The lowest BCUT2D eigenvalue weighted by molar-refractivity contribution is 0.188. The van der Waals surface area contributed by atoms with E-state index in [1.54, 1.807) is 23.9 Å². The maximum absolute atomic E-state index is 12.4. The molecule has 1 N–H and O–H groups in total. The van der Waals surface area contributed by atoms with Crippen LogP contribution in [0.2, 0.25) is 0 Å². The molecule has 0 saturated carbocycles. The predicted octanol–water partition coefficient (Wildman–Crippen LogP) is 5.67. The van der Waals surface area contributed by atoms with Crippen LogP contribution in [0.25, 0.3) is 0 Å². The fraction of sp³-hybridized carbons (Fsp3) is 0.200. The van der Waals surface area contributed by atoms with Gasteiger partial charge >= 0.3 is 13.8 Å². The van der Waals surface area contributed by atoms with Crippen molar-refractivity contribution < 1.29 is 22.8 Å². The third-order valence-corrected chi connectivity index (χ3v) is 5.50. The van der Waals surface area contributed by atoms with Crippen molar-refractivity contribution in [3.63, 3.8) is 0 Å². The highest BCUT2D eigenvalue weighted by molar-refractivity contribution is 9.10. The van der Waals surface area contributed by atoms with Crippen LogP contribution in [0.1, 0.15) is 11.1 Å². The first-order valence-corrected chi connectivity index (χ1v) is 10.2. The van der Waals surface area contributed by atoms with Gasteiger partial charge in [-0.05, 0) is 39.2 Å². The highest BCUT2D eigenvalue weighted by atomic mass is 79.9. The highest BCUT2D eigenvalue weighted by Gasteiger charge is 2.34. The maximum Gasteiger partial charge on any atom is 0.442 e. The molecule has 1 atom stereocenters. The van der Waals surface area contributed by atoms with Crippen molar-refractivity contribution in [1.29, 1.82) is 0 Å². The van der Waals surface area contributed by atoms with E-state index >= 15 is 0 Å². The van der Waals surface area contributed by atoms with Crippen LogP contribution in [0.5, 0.6) is 5.75 Å². The van der Waals surface area contributed by atoms with Gasteiger partial charge in [-0.15, -0.1) is 0 Å². The van der Waals surface area contributed by atoms with Gasteiger partial charge in [0, 0.05) is 11.5 Å². The smallest absolute Gasteiger partial charge is 0.420 e. The van der Waals surface area contributed by atoms with E-state index in [4.69, 9.17) is 4.89 Å². The lowest BCUT2D eigenvalue weighted by Gasteiger charge is -2.14. The summed E-state index contributed by atoms with van der Waals surface area (Å²) in [6, 6.07) is 14.8. The first-order valence-electron chi connectivity index (χ1n) is 6.59. The number of benzene rings is 2. The van der Waals surface area contributed by atoms with Crippen molar-refractivity contribution in [2.45, 2.75) is 17.7 Å². The Kier molecular flexibility index (Phi) is 6.65. The van der Waals surface area contributed by atoms with Crippen molar-refractivity contribution in [1.82, 2.24) is 0 Å². The molecule has 2 rings (SSSR count). The van der Waals surface area contributed by atoms with Crippen molar-refractivity contribution in [2.24, 2.45) is 0 Å². The van der Waals surface area contributed by atoms with E-state index in [-0.39, 0.29) is 5.75 Å². The molecule has 0 bridgehead atoms. The Labute approximate surface area is 145 Å². The van der Waals surface area contributed by atoms with Gasteiger partial charge in [-0.25, -0.2) is 4.57 Å². The zero-order valence-corrected chi connectivity index (χ0v) is 15.2. The monoisotopic (exact) mass is 422 g/mol. The molecule has 0 amide bonds. The molecule has 3 nitrogen and oxygen atoms in total. The van der Waals surface area contributed by atoms with Gasteiger partial charge < -0.3 is 9.42 Å². The molecule has 124 valence electrons. The Hall–Kier alpha value is -0.880. The SMILES string of the molecule is O=P(O)(Oc1ccc(CSCc2ccccc2)cc1Br)C(F)F. The van der Waals surface area contributed by atoms with E-state index in [0.717, 1.165) is 17.1 Å². The fourth-order valence-electron chi connectivity index (χ4n) is 1.75. The quantitative estimate of drug-likeness (QED) is 0.583. The van der Waals surface area contributed by atoms with E-state index in [2.05, 4.69) is 20.5 Å². The highest BCUT2D eigenvalue weighted by Crippen LogP contribution is 2.50. The Morgan fingerprint density at radius 3 is 2.39 bits per heavy atom. The Balaban J connectivity index is 1.95. The van der Waals surface area contributed by atoms with Gasteiger partial charge in [-0.1, -0.05) is 36.4 Å². The molecule has 0 fully saturated rings. The molecule has 0 heterocycles. The summed E-state index contributed by atoms with van der Waals surface area (Å²) in [6.45, 7) is 0. The summed E-state index contributed by atoms with van der Waals surface area (Å²) in [5, 5.41) is 0. The van der Waals surface area contributed by atoms with E-state index in [0.29, 0.717) is 4.47 Å². The summed E-state index contributed by atoms with van der Waals surface area (Å²) in [6.07, 6.45) is -3.43. The van der Waals surface area contributed by atoms with Crippen molar-refractivity contribution in [3.8, 4) is 5.75 Å². The molecule has 1 unspecified atom stereocenters. The fourth-order valence-corrected chi connectivity index (χ4v) is 3.85. The van der Waals surface area contributed by atoms with Crippen LogP contribution in [0.3, 0.4) is 0 Å². The molecule has 0 aromatic heterocycles. The molecule has 23 heavy (non-hydrogen) atoms. The lowest BCUT2D eigenvalue weighted by Crippen LogP contribution is -2.01. The molecule has 2 aromatic carbocycles. The van der Waals surface area contributed by atoms with E-state index in [1.807, 2.05) is 30.3 Å². The van der Waals surface area contributed by atoms with Gasteiger partial charge in [0.05, 0.1) is 4.47 Å². The van der Waals surface area contributed by atoms with Crippen molar-refractivity contribution >= 4 is 35.3 Å². The number of hydrogen-bond acceptors (Lipinski definition) is 3. The van der Waals surface area contributed by atoms with Gasteiger partial charge in [0.25, 0.3) is 0 Å². The van der Waals surface area contributed by atoms with Gasteiger partial charge in [0.1, 0.15) is 5.75 Å². The molecule has 0 aliphatic heterocycles. The van der Waals surface area contributed by atoms with Gasteiger partial charge in [-0.3, -0.25) is 0 Å². The van der Waals surface area contributed by atoms with Crippen LogP contribution < -0.4 is 4.52 Å². The standard InChI is InChI=1S/C15H14BrF2O3PS/c16-13-8-12(10-23-9-11-4-2-1-3-5-11)6-7-14(13)21-22(19,20)15(17)18/h1-8,15H,9-10H2,(H,19,20). The molecular weight excluding hydrogens is 409 g/mol. The Morgan fingerprint density at radius 2 is 1.78 bits per heavy atom. The van der Waals surface area contributed by atoms with Crippen LogP contribution in [0.15, 0.2) is 53.0 Å². The van der Waals surface area contributed by atoms with E-state index < -0.39 is 13.8 Å². The normalized spacial score (nSPS) is 13.8. The second-order valence-electron chi connectivity index (χ2n) is 4.68. The summed E-state index contributed by atoms with van der Waals surface area (Å²) in [5.41, 5.74) is 2.17. The molecular formula is C15H14BrF2O3PS. The molecule has 0 aliphatic rings. The molecule has 0 saturated heterocycles. The second kappa shape index (κ2) is 8.29. The number of rotatable bonds is 7. The number of halogens is 3. The summed E-state index contributed by atoms with van der Waals surface area (Å²) < 4.78 is 40.9. The number of alkyl halides is 2. The third kappa shape index (κ3) is 5.60. The summed E-state index contributed by atoms with van der Waals surface area (Å²) in [4.78, 5) is 9.06. The minimum atomic E-state index is -4.96. The second-order valence-corrected chi connectivity index (χ2v) is 8.22. The molecule has 0 aliphatic carbocycles. The van der Waals surface area contributed by atoms with Crippen LogP contribution >= 0.6 is 35.3 Å². The van der Waals surface area contributed by atoms with E-state index in [9.17, 15) is 13.3 Å².